The van der Waals surface area contributed by atoms with E-state index in [9.17, 15) is 0 Å². The maximum Gasteiger partial charge on any atom is 0.116 e. The Morgan fingerprint density at radius 1 is 1.36 bits per heavy atom. The molecule has 4 heteroatoms. The number of hydrazine groups is 1. The van der Waals surface area contributed by atoms with E-state index in [1.165, 1.54) is 0 Å². The second-order valence-corrected chi connectivity index (χ2v) is 3.80. The minimum Gasteiger partial charge on any atom is -0.384 e. The molecule has 0 atom stereocenters. The van der Waals surface area contributed by atoms with Gasteiger partial charge in [0.1, 0.15) is 5.82 Å². The van der Waals surface area contributed by atoms with Crippen LogP contribution in [0.1, 0.15) is 6.92 Å². The van der Waals surface area contributed by atoms with Crippen LogP contribution in [0.4, 0.5) is 5.69 Å². The summed E-state index contributed by atoms with van der Waals surface area (Å²) >= 11 is 5.80. The zero-order valence-electron chi connectivity index (χ0n) is 7.92. The predicted molar refractivity (Wildman–Crippen MR) is 58.8 cm³/mol. The fourth-order valence-electron chi connectivity index (χ4n) is 1.38. The quantitative estimate of drug-likeness (QED) is 0.742. The Kier molecular flexibility index (Phi) is 2.25. The van der Waals surface area contributed by atoms with Crippen molar-refractivity contribution in [3.63, 3.8) is 0 Å². The summed E-state index contributed by atoms with van der Waals surface area (Å²) in [6.45, 7) is 2.83. The summed E-state index contributed by atoms with van der Waals surface area (Å²) in [5.41, 5.74) is 11.0. The van der Waals surface area contributed by atoms with Gasteiger partial charge < -0.3 is 5.73 Å². The van der Waals surface area contributed by atoms with Crippen LogP contribution in [-0.4, -0.2) is 6.54 Å². The van der Waals surface area contributed by atoms with E-state index in [0.29, 0.717) is 0 Å². The Labute approximate surface area is 88.1 Å². The molecule has 3 N–H and O–H groups in total. The first-order valence-electron chi connectivity index (χ1n) is 4.42. The maximum absolute atomic E-state index is 5.80. The molecule has 0 spiro atoms. The van der Waals surface area contributed by atoms with Crippen LogP contribution in [0.3, 0.4) is 0 Å². The number of hydrogen-bond acceptors (Lipinski definition) is 3. The van der Waals surface area contributed by atoms with Crippen LogP contribution in [0, 0.1) is 0 Å². The minimum absolute atomic E-state index is 0.736. The summed E-state index contributed by atoms with van der Waals surface area (Å²) in [5, 5.41) is 2.73. The third-order valence-electron chi connectivity index (χ3n) is 2.25. The van der Waals surface area contributed by atoms with Crippen molar-refractivity contribution in [1.29, 1.82) is 0 Å². The summed E-state index contributed by atoms with van der Waals surface area (Å²) in [5.74, 6) is 0.736. The fraction of sp³-hybridized carbons (Fsp3) is 0.200. The van der Waals surface area contributed by atoms with Crippen molar-refractivity contribution in [2.24, 2.45) is 5.73 Å². The number of halogens is 1. The number of anilines is 1. The average molecular weight is 210 g/mol. The van der Waals surface area contributed by atoms with Gasteiger partial charge in [-0.25, -0.2) is 0 Å². The second-order valence-electron chi connectivity index (χ2n) is 3.37. The molecule has 74 valence electrons. The van der Waals surface area contributed by atoms with Gasteiger partial charge in [0.2, 0.25) is 0 Å². The molecule has 1 aromatic carbocycles. The highest BCUT2D eigenvalue weighted by Gasteiger charge is 2.15. The van der Waals surface area contributed by atoms with Crippen LogP contribution in [-0.2, 0) is 0 Å². The van der Waals surface area contributed by atoms with E-state index in [1.807, 2.05) is 36.2 Å². The number of nitrogens with two attached hydrogens (primary N) is 1. The highest BCUT2D eigenvalue weighted by atomic mass is 35.5. The molecule has 0 saturated heterocycles. The van der Waals surface area contributed by atoms with Crippen molar-refractivity contribution < 1.29 is 0 Å². The summed E-state index contributed by atoms with van der Waals surface area (Å²) in [4.78, 5) is 0. The highest BCUT2D eigenvalue weighted by Crippen LogP contribution is 2.20. The van der Waals surface area contributed by atoms with E-state index in [0.717, 1.165) is 28.6 Å². The van der Waals surface area contributed by atoms with E-state index >= 15 is 0 Å². The minimum atomic E-state index is 0.736. The summed E-state index contributed by atoms with van der Waals surface area (Å²) < 4.78 is 0. The number of nitrogens with zero attached hydrogens (tertiary/aromatic N) is 1. The second kappa shape index (κ2) is 3.42. The van der Waals surface area contributed by atoms with Gasteiger partial charge in [0, 0.05) is 5.02 Å². The normalized spacial score (nSPS) is 16.0. The van der Waals surface area contributed by atoms with Crippen molar-refractivity contribution in [1.82, 2.24) is 5.43 Å². The highest BCUT2D eigenvalue weighted by molar-refractivity contribution is 6.30. The standard InChI is InChI=1S/C10H12ClN3/c1-7-6-14(13-10(7)12)9-4-2-8(11)3-5-9/h2-5,13H,6,12H2,1H3. The number of hydrogen-bond donors (Lipinski definition) is 2. The molecule has 1 heterocycles. The monoisotopic (exact) mass is 209 g/mol. The predicted octanol–water partition coefficient (Wildman–Crippen LogP) is 1.85. The van der Waals surface area contributed by atoms with Gasteiger partial charge in [-0.05, 0) is 36.8 Å². The van der Waals surface area contributed by atoms with Crippen LogP contribution in [0.5, 0.6) is 0 Å². The van der Waals surface area contributed by atoms with Gasteiger partial charge in [0.25, 0.3) is 0 Å². The summed E-state index contributed by atoms with van der Waals surface area (Å²) in [6.07, 6.45) is 0. The lowest BCUT2D eigenvalue weighted by molar-refractivity contribution is 0.796. The lowest BCUT2D eigenvalue weighted by Crippen LogP contribution is -2.33. The van der Waals surface area contributed by atoms with Crippen LogP contribution in [0.25, 0.3) is 0 Å². The largest absolute Gasteiger partial charge is 0.384 e. The van der Waals surface area contributed by atoms with Gasteiger partial charge in [-0.2, -0.15) is 0 Å². The third-order valence-corrected chi connectivity index (χ3v) is 2.50. The van der Waals surface area contributed by atoms with Gasteiger partial charge in [-0.15, -0.1) is 0 Å². The summed E-state index contributed by atoms with van der Waals surface area (Å²) in [6, 6.07) is 7.65. The van der Waals surface area contributed by atoms with Gasteiger partial charge >= 0.3 is 0 Å². The molecular formula is C10H12ClN3. The molecule has 14 heavy (non-hydrogen) atoms. The zero-order chi connectivity index (χ0) is 10.1. The van der Waals surface area contributed by atoms with Crippen LogP contribution in [0.2, 0.25) is 5.02 Å². The Morgan fingerprint density at radius 2 is 2.00 bits per heavy atom. The van der Waals surface area contributed by atoms with E-state index in [1.54, 1.807) is 0 Å². The Morgan fingerprint density at radius 3 is 2.50 bits per heavy atom. The van der Waals surface area contributed by atoms with E-state index in [2.05, 4.69) is 5.43 Å². The molecule has 1 aromatic rings. The molecule has 0 saturated carbocycles. The average Bonchev–Trinajstić information content (AvgIpc) is 2.48. The smallest absolute Gasteiger partial charge is 0.116 e. The molecule has 3 nitrogen and oxygen atoms in total. The van der Waals surface area contributed by atoms with Crippen LogP contribution in [0.15, 0.2) is 35.7 Å². The first-order valence-corrected chi connectivity index (χ1v) is 4.79. The molecule has 0 aromatic heterocycles. The fourth-order valence-corrected chi connectivity index (χ4v) is 1.51. The molecule has 0 bridgehead atoms. The molecule has 1 aliphatic rings. The Hall–Kier alpha value is -1.35. The number of nitrogens with one attached hydrogen (secondary N) is 1. The first-order chi connectivity index (χ1) is 6.66. The lowest BCUT2D eigenvalue weighted by Gasteiger charge is -2.19. The van der Waals surface area contributed by atoms with Gasteiger partial charge in [-0.3, -0.25) is 10.4 Å². The SMILES string of the molecule is CC1=C(N)NN(c2ccc(Cl)cc2)C1. The third kappa shape index (κ3) is 1.63. The van der Waals surface area contributed by atoms with Gasteiger partial charge in [-0.1, -0.05) is 11.6 Å². The van der Waals surface area contributed by atoms with Crippen molar-refractivity contribution in [2.45, 2.75) is 6.92 Å². The topological polar surface area (TPSA) is 41.3 Å². The molecule has 0 unspecified atom stereocenters. The van der Waals surface area contributed by atoms with Crippen molar-refractivity contribution >= 4 is 17.3 Å². The molecule has 1 aliphatic heterocycles. The van der Waals surface area contributed by atoms with E-state index in [-0.39, 0.29) is 0 Å². The Bertz CT molecular complexity index is 355. The zero-order valence-corrected chi connectivity index (χ0v) is 8.67. The Balaban J connectivity index is 2.16. The molecule has 0 fully saturated rings. The molecule has 2 rings (SSSR count). The van der Waals surface area contributed by atoms with Gasteiger partial charge in [0.05, 0.1) is 12.2 Å². The number of rotatable bonds is 1. The van der Waals surface area contributed by atoms with E-state index in [4.69, 9.17) is 17.3 Å². The van der Waals surface area contributed by atoms with Crippen molar-refractivity contribution in [3.05, 3.63) is 40.7 Å². The lowest BCUT2D eigenvalue weighted by atomic mass is 10.3. The van der Waals surface area contributed by atoms with E-state index < -0.39 is 0 Å². The molecule has 0 radical (unpaired) electrons. The summed E-state index contributed by atoms with van der Waals surface area (Å²) in [7, 11) is 0. The first kappa shape index (κ1) is 9.21. The van der Waals surface area contributed by atoms with Crippen LogP contribution >= 0.6 is 11.6 Å². The van der Waals surface area contributed by atoms with Gasteiger partial charge in [0.15, 0.2) is 0 Å². The maximum atomic E-state index is 5.80. The van der Waals surface area contributed by atoms with Crippen molar-refractivity contribution in [3.8, 4) is 0 Å². The molecule has 0 amide bonds. The molecule has 0 aliphatic carbocycles. The van der Waals surface area contributed by atoms with Crippen LogP contribution < -0.4 is 16.2 Å². The molecular weight excluding hydrogens is 198 g/mol. The van der Waals surface area contributed by atoms with Crippen molar-refractivity contribution in [2.75, 3.05) is 11.6 Å². The number of benzene rings is 1.